The minimum atomic E-state index is -0.689. The fourth-order valence-electron chi connectivity index (χ4n) is 1.05. The lowest BCUT2D eigenvalue weighted by Gasteiger charge is -2.23. The molecule has 0 aromatic carbocycles. The molecule has 1 aromatic rings. The van der Waals surface area contributed by atoms with Gasteiger partial charge in [0, 0.05) is 10.7 Å². The van der Waals surface area contributed by atoms with E-state index in [1.807, 2.05) is 0 Å². The molecule has 0 saturated heterocycles. The molecule has 1 amide bonds. The van der Waals surface area contributed by atoms with Gasteiger partial charge in [0.05, 0.1) is 17.7 Å². The molecular weight excluding hydrogens is 274 g/mol. The van der Waals surface area contributed by atoms with Gasteiger partial charge in [0.1, 0.15) is 5.82 Å². The Morgan fingerprint density at radius 3 is 2.88 bits per heavy atom. The second-order valence-corrected chi connectivity index (χ2v) is 5.00. The number of anilines is 1. The molecule has 1 heterocycles. The summed E-state index contributed by atoms with van der Waals surface area (Å²) in [6.45, 7) is 3.28. The average Bonchev–Trinajstić information content (AvgIpc) is 2.21. The minimum Gasteiger partial charge on any atom is -0.394 e. The number of nitrogen functional groups attached to an aromatic ring is 1. The van der Waals surface area contributed by atoms with Crippen molar-refractivity contribution in [2.24, 2.45) is 0 Å². The number of hydrogen-bond acceptors (Lipinski definition) is 4. The van der Waals surface area contributed by atoms with Crippen molar-refractivity contribution in [1.29, 1.82) is 0 Å². The van der Waals surface area contributed by atoms with Gasteiger partial charge >= 0.3 is 0 Å². The lowest BCUT2D eigenvalue weighted by molar-refractivity contribution is 0.0870. The van der Waals surface area contributed by atoms with Crippen molar-refractivity contribution < 1.29 is 9.90 Å². The number of pyridine rings is 1. The molecule has 0 spiro atoms. The number of nitrogens with one attached hydrogen (secondary N) is 1. The number of halogens is 1. The van der Waals surface area contributed by atoms with Crippen molar-refractivity contribution in [2.75, 3.05) is 12.3 Å². The average molecular weight is 288 g/mol. The van der Waals surface area contributed by atoms with Gasteiger partial charge in [0.2, 0.25) is 0 Å². The fourth-order valence-corrected chi connectivity index (χ4v) is 1.38. The van der Waals surface area contributed by atoms with Crippen LogP contribution in [0.15, 0.2) is 16.7 Å². The van der Waals surface area contributed by atoms with Crippen molar-refractivity contribution in [3.8, 4) is 0 Å². The van der Waals surface area contributed by atoms with Crippen LogP contribution >= 0.6 is 15.9 Å². The van der Waals surface area contributed by atoms with Crippen LogP contribution in [0.1, 0.15) is 24.2 Å². The number of nitrogens with zero attached hydrogens (tertiary/aromatic N) is 1. The van der Waals surface area contributed by atoms with Crippen molar-refractivity contribution in [1.82, 2.24) is 10.3 Å². The van der Waals surface area contributed by atoms with Crippen LogP contribution in [-0.4, -0.2) is 28.1 Å². The van der Waals surface area contributed by atoms with Gasteiger partial charge < -0.3 is 16.2 Å². The third-order valence-electron chi connectivity index (χ3n) is 1.98. The normalized spacial score (nSPS) is 11.2. The van der Waals surface area contributed by atoms with Gasteiger partial charge in [-0.05, 0) is 35.8 Å². The van der Waals surface area contributed by atoms with Gasteiger partial charge in [-0.2, -0.15) is 0 Å². The van der Waals surface area contributed by atoms with E-state index in [0.717, 1.165) is 0 Å². The highest BCUT2D eigenvalue weighted by atomic mass is 79.9. The van der Waals surface area contributed by atoms with Crippen LogP contribution in [0.3, 0.4) is 0 Å². The van der Waals surface area contributed by atoms with Crippen LogP contribution in [0.5, 0.6) is 0 Å². The highest BCUT2D eigenvalue weighted by Crippen LogP contribution is 2.16. The number of nitrogens with two attached hydrogens (primary N) is 1. The summed E-state index contributed by atoms with van der Waals surface area (Å²) in [7, 11) is 0. The SMILES string of the molecule is CC(C)(CO)NC(=O)c1cc(Br)cnc1N. The molecule has 16 heavy (non-hydrogen) atoms. The Bertz CT molecular complexity index is 407. The predicted molar refractivity (Wildman–Crippen MR) is 65.0 cm³/mol. The van der Waals surface area contributed by atoms with E-state index in [4.69, 9.17) is 10.8 Å². The lowest BCUT2D eigenvalue weighted by atomic mass is 10.1. The number of carbonyl (C=O) groups excluding carboxylic acids is 1. The van der Waals surface area contributed by atoms with Crippen LogP contribution in [0, 0.1) is 0 Å². The van der Waals surface area contributed by atoms with E-state index in [1.54, 1.807) is 19.9 Å². The number of amides is 1. The van der Waals surface area contributed by atoms with E-state index >= 15 is 0 Å². The molecule has 88 valence electrons. The highest BCUT2D eigenvalue weighted by Gasteiger charge is 2.21. The van der Waals surface area contributed by atoms with E-state index in [-0.39, 0.29) is 23.9 Å². The second kappa shape index (κ2) is 4.80. The monoisotopic (exact) mass is 287 g/mol. The molecule has 0 fully saturated rings. The van der Waals surface area contributed by atoms with Gasteiger partial charge in [0.15, 0.2) is 0 Å². The number of aromatic nitrogens is 1. The standard InChI is InChI=1S/C10H14BrN3O2/c1-10(2,5-15)14-9(16)7-3-6(11)4-13-8(7)12/h3-4,15H,5H2,1-2H3,(H2,12,13)(H,14,16). The fraction of sp³-hybridized carbons (Fsp3) is 0.400. The zero-order valence-electron chi connectivity index (χ0n) is 9.12. The largest absolute Gasteiger partial charge is 0.394 e. The van der Waals surface area contributed by atoms with Crippen LogP contribution in [0.25, 0.3) is 0 Å². The molecule has 4 N–H and O–H groups in total. The van der Waals surface area contributed by atoms with Gasteiger partial charge in [-0.1, -0.05) is 0 Å². The first kappa shape index (κ1) is 12.9. The summed E-state index contributed by atoms with van der Waals surface area (Å²) in [4.78, 5) is 15.7. The van der Waals surface area contributed by atoms with E-state index in [1.165, 1.54) is 6.20 Å². The summed E-state index contributed by atoms with van der Waals surface area (Å²) >= 11 is 3.21. The molecule has 0 radical (unpaired) electrons. The molecule has 0 saturated carbocycles. The Morgan fingerprint density at radius 2 is 2.31 bits per heavy atom. The molecule has 5 nitrogen and oxygen atoms in total. The zero-order valence-corrected chi connectivity index (χ0v) is 10.7. The number of hydrogen-bond donors (Lipinski definition) is 3. The van der Waals surface area contributed by atoms with Gasteiger partial charge in [-0.15, -0.1) is 0 Å². The van der Waals surface area contributed by atoms with Gasteiger partial charge in [0.25, 0.3) is 5.91 Å². The Morgan fingerprint density at radius 1 is 1.69 bits per heavy atom. The van der Waals surface area contributed by atoms with E-state index < -0.39 is 5.54 Å². The Labute approximate surface area is 102 Å². The van der Waals surface area contributed by atoms with E-state index in [2.05, 4.69) is 26.2 Å². The molecule has 0 aliphatic heterocycles. The summed E-state index contributed by atoms with van der Waals surface area (Å²) < 4.78 is 0.675. The van der Waals surface area contributed by atoms with Crippen molar-refractivity contribution in [3.63, 3.8) is 0 Å². The summed E-state index contributed by atoms with van der Waals surface area (Å²) in [6.07, 6.45) is 1.52. The first-order valence-electron chi connectivity index (χ1n) is 4.70. The number of aliphatic hydroxyl groups is 1. The molecule has 1 rings (SSSR count). The number of carbonyl (C=O) groups is 1. The maximum absolute atomic E-state index is 11.8. The Hall–Kier alpha value is -1.14. The molecule has 1 aromatic heterocycles. The van der Waals surface area contributed by atoms with Crippen molar-refractivity contribution in [2.45, 2.75) is 19.4 Å². The van der Waals surface area contributed by atoms with Crippen molar-refractivity contribution >= 4 is 27.7 Å². The number of aliphatic hydroxyl groups excluding tert-OH is 1. The third kappa shape index (κ3) is 3.18. The third-order valence-corrected chi connectivity index (χ3v) is 2.41. The smallest absolute Gasteiger partial charge is 0.255 e. The first-order valence-corrected chi connectivity index (χ1v) is 5.49. The molecule has 0 aliphatic rings. The molecule has 0 atom stereocenters. The lowest BCUT2D eigenvalue weighted by Crippen LogP contribution is -2.46. The number of rotatable bonds is 3. The molecule has 6 heteroatoms. The summed E-state index contributed by atoms with van der Waals surface area (Å²) in [5, 5.41) is 11.7. The van der Waals surface area contributed by atoms with E-state index in [9.17, 15) is 4.79 Å². The minimum absolute atomic E-state index is 0.153. The van der Waals surface area contributed by atoms with Crippen LogP contribution in [0.4, 0.5) is 5.82 Å². The molecule has 0 unspecified atom stereocenters. The van der Waals surface area contributed by atoms with Crippen LogP contribution < -0.4 is 11.1 Å². The van der Waals surface area contributed by atoms with E-state index in [0.29, 0.717) is 4.47 Å². The summed E-state index contributed by atoms with van der Waals surface area (Å²) in [6, 6.07) is 1.59. The second-order valence-electron chi connectivity index (χ2n) is 4.08. The highest BCUT2D eigenvalue weighted by molar-refractivity contribution is 9.10. The summed E-state index contributed by atoms with van der Waals surface area (Å²) in [5.74, 6) is -0.195. The van der Waals surface area contributed by atoms with Crippen molar-refractivity contribution in [3.05, 3.63) is 22.3 Å². The quantitative estimate of drug-likeness (QED) is 0.772. The van der Waals surface area contributed by atoms with Crippen LogP contribution in [-0.2, 0) is 0 Å². The summed E-state index contributed by atoms with van der Waals surface area (Å²) in [5.41, 5.74) is 5.19. The van der Waals surface area contributed by atoms with Gasteiger partial charge in [-0.3, -0.25) is 4.79 Å². The zero-order chi connectivity index (χ0) is 12.3. The topological polar surface area (TPSA) is 88.2 Å². The maximum atomic E-state index is 11.8. The Kier molecular flexibility index (Phi) is 3.88. The predicted octanol–water partition coefficient (Wildman–Crippen LogP) is 0.927. The molecule has 0 aliphatic carbocycles. The molecule has 0 bridgehead atoms. The molecular formula is C10H14BrN3O2. The van der Waals surface area contributed by atoms with Gasteiger partial charge in [-0.25, -0.2) is 4.98 Å². The first-order chi connectivity index (χ1) is 7.35. The van der Waals surface area contributed by atoms with Crippen LogP contribution in [0.2, 0.25) is 0 Å². The Balaban J connectivity index is 2.93. The maximum Gasteiger partial charge on any atom is 0.255 e.